The summed E-state index contributed by atoms with van der Waals surface area (Å²) in [5, 5.41) is 20.9. The fourth-order valence-corrected chi connectivity index (χ4v) is 8.18. The number of amides is 2. The SMILES string of the molecule is C#CCOCCOCCOCCNc1nc(N2CCN(C(=O)[C@H](CCCCN)n3cc([C@@H](N)C(C)CC)nn3)CC2)nc(N2CCN(C(=O)[C@H](CCCCN)n3cc([C@@H](N)C(C)CC)nn3)CC2)n1. The Labute approximate surface area is 408 Å². The minimum atomic E-state index is -0.525. The van der Waals surface area contributed by atoms with Gasteiger partial charge in [-0.1, -0.05) is 56.9 Å². The van der Waals surface area contributed by atoms with Gasteiger partial charge in [-0.15, -0.1) is 16.6 Å². The quantitative estimate of drug-likeness (QED) is 0.0448. The second-order valence-corrected chi connectivity index (χ2v) is 18.0. The van der Waals surface area contributed by atoms with Crippen molar-refractivity contribution in [1.29, 1.82) is 0 Å². The van der Waals surface area contributed by atoms with Gasteiger partial charge in [0.15, 0.2) is 0 Å². The van der Waals surface area contributed by atoms with Crippen molar-refractivity contribution in [2.75, 3.05) is 127 Å². The molecular weight excluding hydrogens is 885 g/mol. The van der Waals surface area contributed by atoms with Gasteiger partial charge in [0.1, 0.15) is 18.7 Å². The van der Waals surface area contributed by atoms with Gasteiger partial charge >= 0.3 is 0 Å². The molecule has 2 fully saturated rings. The molecule has 0 aliphatic carbocycles. The van der Waals surface area contributed by atoms with Crippen molar-refractivity contribution in [2.45, 2.75) is 103 Å². The Bertz CT molecular complexity index is 1880. The average molecular weight is 965 g/mol. The zero-order chi connectivity index (χ0) is 49.5. The molecule has 6 atom stereocenters. The lowest BCUT2D eigenvalue weighted by Crippen LogP contribution is -2.52. The van der Waals surface area contributed by atoms with Crippen molar-refractivity contribution in [2.24, 2.45) is 34.8 Å². The van der Waals surface area contributed by atoms with Crippen molar-refractivity contribution >= 4 is 29.7 Å². The van der Waals surface area contributed by atoms with Gasteiger partial charge in [0, 0.05) is 58.9 Å². The normalized spacial score (nSPS) is 17.0. The highest BCUT2D eigenvalue weighted by Crippen LogP contribution is 2.27. The van der Waals surface area contributed by atoms with Gasteiger partial charge in [-0.25, -0.2) is 9.36 Å². The first kappa shape index (κ1) is 54.8. The predicted octanol–water partition coefficient (Wildman–Crippen LogP) is 1.28. The third-order valence-corrected chi connectivity index (χ3v) is 13.1. The second kappa shape index (κ2) is 29.2. The molecule has 23 nitrogen and oxygen atoms in total. The van der Waals surface area contributed by atoms with Gasteiger partial charge < -0.3 is 62.1 Å². The molecule has 2 amide bonds. The van der Waals surface area contributed by atoms with Crippen molar-refractivity contribution in [3.8, 4) is 12.3 Å². The number of hydrogen-bond donors (Lipinski definition) is 5. The molecule has 9 N–H and O–H groups in total. The standard InChI is InChI=1S/C46H80N18O5/c1-6-26-67-28-30-69-31-29-68-27-17-51-44-52-45(61-22-18-59(19-23-61)42(65)38(13-9-11-15-47)63-32-36(55-57-63)40(49)34(4)7-2)54-46(53-44)62-24-20-60(21-25-62)43(66)39(14-10-12-16-48)64-33-37(56-58-64)41(50)35(5)8-3/h1,32-35,38-41H,7-31,47-50H2,2-5H3,(H,51,52,53,54)/t34?,35?,38-,39-,40-,41-/m0/s1. The Morgan fingerprint density at radius 1 is 0.667 bits per heavy atom. The van der Waals surface area contributed by atoms with Gasteiger partial charge in [-0.05, 0) is 63.5 Å². The maximum atomic E-state index is 14.3. The molecule has 2 aliphatic heterocycles. The van der Waals surface area contributed by atoms with Crippen LogP contribution in [0.1, 0.15) is 115 Å². The molecule has 23 heteroatoms. The van der Waals surface area contributed by atoms with Gasteiger partial charge in [0.05, 0.1) is 68.9 Å². The molecule has 3 aromatic rings. The number of rotatable bonds is 31. The van der Waals surface area contributed by atoms with E-state index < -0.39 is 12.1 Å². The summed E-state index contributed by atoms with van der Waals surface area (Å²) < 4.78 is 19.9. The predicted molar refractivity (Wildman–Crippen MR) is 264 cm³/mol. The number of unbranched alkanes of at least 4 members (excludes halogenated alkanes) is 2. The van der Waals surface area contributed by atoms with E-state index in [4.69, 9.17) is 58.5 Å². The summed E-state index contributed by atoms with van der Waals surface area (Å²) in [5.74, 6) is 4.21. The lowest BCUT2D eigenvalue weighted by molar-refractivity contribution is -0.136. The van der Waals surface area contributed by atoms with Crippen LogP contribution in [0, 0.1) is 24.2 Å². The molecule has 69 heavy (non-hydrogen) atoms. The summed E-state index contributed by atoms with van der Waals surface area (Å²) in [6, 6.07) is -1.59. The van der Waals surface area contributed by atoms with Gasteiger partial charge in [0.2, 0.25) is 29.7 Å². The number of aromatic nitrogens is 9. The molecular formula is C46H80N18O5. The Morgan fingerprint density at radius 3 is 1.52 bits per heavy atom. The Morgan fingerprint density at radius 2 is 1.10 bits per heavy atom. The minimum absolute atomic E-state index is 0.0190. The Kier molecular flexibility index (Phi) is 23.2. The van der Waals surface area contributed by atoms with Gasteiger partial charge in [-0.3, -0.25) is 9.59 Å². The summed E-state index contributed by atoms with van der Waals surface area (Å²) in [6.07, 6.45) is 15.0. The first-order valence-corrected chi connectivity index (χ1v) is 25.0. The molecule has 0 bridgehead atoms. The summed E-state index contributed by atoms with van der Waals surface area (Å²) >= 11 is 0. The number of nitrogens with one attached hydrogen (secondary N) is 1. The number of hydrogen-bond acceptors (Lipinski definition) is 19. The number of ether oxygens (including phenoxy) is 3. The number of anilines is 3. The first-order valence-electron chi connectivity index (χ1n) is 25.0. The lowest BCUT2D eigenvalue weighted by atomic mass is 9.98. The van der Waals surface area contributed by atoms with E-state index in [9.17, 15) is 9.59 Å². The minimum Gasteiger partial charge on any atom is -0.377 e. The Hall–Kier alpha value is -5.09. The molecule has 0 radical (unpaired) electrons. The van der Waals surface area contributed by atoms with Crippen LogP contribution in [-0.2, 0) is 23.8 Å². The van der Waals surface area contributed by atoms with Crippen molar-refractivity contribution in [3.05, 3.63) is 23.8 Å². The van der Waals surface area contributed by atoms with E-state index in [-0.39, 0.29) is 42.3 Å². The summed E-state index contributed by atoms with van der Waals surface area (Å²) in [4.78, 5) is 51.1. The summed E-state index contributed by atoms with van der Waals surface area (Å²) in [6.45, 7) is 16.1. The monoisotopic (exact) mass is 965 g/mol. The van der Waals surface area contributed by atoms with Crippen LogP contribution in [-0.4, -0.2) is 178 Å². The lowest BCUT2D eigenvalue weighted by Gasteiger charge is -2.38. The van der Waals surface area contributed by atoms with Crippen LogP contribution in [0.25, 0.3) is 0 Å². The first-order chi connectivity index (χ1) is 33.5. The highest BCUT2D eigenvalue weighted by molar-refractivity contribution is 5.81. The molecule has 0 aromatic carbocycles. The van der Waals surface area contributed by atoms with E-state index in [0.29, 0.717) is 147 Å². The number of nitrogens with zero attached hydrogens (tertiary/aromatic N) is 13. The van der Waals surface area contributed by atoms with Crippen LogP contribution in [0.5, 0.6) is 0 Å². The molecule has 2 aliphatic rings. The zero-order valence-electron chi connectivity index (χ0n) is 41.5. The fraction of sp³-hybridized carbons (Fsp3) is 0.761. The van der Waals surface area contributed by atoms with Crippen LogP contribution >= 0.6 is 0 Å². The molecule has 0 spiro atoms. The van der Waals surface area contributed by atoms with E-state index in [2.05, 4.69) is 69.4 Å². The van der Waals surface area contributed by atoms with E-state index >= 15 is 0 Å². The van der Waals surface area contributed by atoms with Crippen molar-refractivity contribution in [3.63, 3.8) is 0 Å². The Balaban J connectivity index is 1.27. The number of nitrogens with two attached hydrogens (primary N) is 4. The number of terminal acetylenes is 1. The smallest absolute Gasteiger partial charge is 0.247 e. The third kappa shape index (κ3) is 16.2. The molecule has 2 unspecified atom stereocenters. The highest BCUT2D eigenvalue weighted by atomic mass is 16.5. The van der Waals surface area contributed by atoms with Gasteiger partial charge in [0.25, 0.3) is 0 Å². The molecule has 2 saturated heterocycles. The van der Waals surface area contributed by atoms with Crippen molar-refractivity contribution in [1.82, 2.24) is 54.7 Å². The van der Waals surface area contributed by atoms with Gasteiger partial charge in [-0.2, -0.15) is 15.0 Å². The molecule has 384 valence electrons. The van der Waals surface area contributed by atoms with Crippen LogP contribution in [0.15, 0.2) is 12.4 Å². The number of carbonyl (C=O) groups is 2. The third-order valence-electron chi connectivity index (χ3n) is 13.1. The van der Waals surface area contributed by atoms with E-state index in [1.807, 2.05) is 22.2 Å². The molecule has 5 rings (SSSR count). The van der Waals surface area contributed by atoms with Crippen molar-refractivity contribution < 1.29 is 23.8 Å². The average Bonchev–Trinajstić information content (AvgIpc) is 4.08. The topological polar surface area (TPSA) is 291 Å². The number of carbonyl (C=O) groups excluding carboxylic acids is 2. The van der Waals surface area contributed by atoms with Crippen LogP contribution in [0.3, 0.4) is 0 Å². The maximum absolute atomic E-state index is 14.3. The van der Waals surface area contributed by atoms with E-state index in [1.54, 1.807) is 9.36 Å². The second-order valence-electron chi connectivity index (χ2n) is 18.0. The van der Waals surface area contributed by atoms with Crippen LogP contribution in [0.2, 0.25) is 0 Å². The van der Waals surface area contributed by atoms with Crippen LogP contribution < -0.4 is 38.1 Å². The summed E-state index contributed by atoms with van der Waals surface area (Å²) in [7, 11) is 0. The van der Waals surface area contributed by atoms with E-state index in [1.165, 1.54) is 0 Å². The van der Waals surface area contributed by atoms with Crippen LogP contribution in [0.4, 0.5) is 17.8 Å². The maximum Gasteiger partial charge on any atom is 0.247 e. The highest BCUT2D eigenvalue weighted by Gasteiger charge is 2.34. The number of piperazine rings is 2. The molecule has 0 saturated carbocycles. The molecule has 3 aromatic heterocycles. The summed E-state index contributed by atoms with van der Waals surface area (Å²) in [5.41, 5.74) is 26.0. The molecule has 5 heterocycles. The largest absolute Gasteiger partial charge is 0.377 e. The fourth-order valence-electron chi connectivity index (χ4n) is 8.18. The zero-order valence-corrected chi connectivity index (χ0v) is 41.5. The van der Waals surface area contributed by atoms with E-state index in [0.717, 1.165) is 38.5 Å².